The number of hydrogen-bond acceptors (Lipinski definition) is 5. The summed E-state index contributed by atoms with van der Waals surface area (Å²) in [6, 6.07) is 8.79. The number of amides is 1. The standard InChI is InChI=1S/C17H21N3O4/c1-23-14-5-2-3-6-15(14)24-10-7-16(22)19-12-11-13(21)17(12)20-9-4-8-18-20/h2-6,8-9,12-13,17,21H,7,10-11H2,1H3,(H,19,22)/t12-,13+,17+/m0/s1. The van der Waals surface area contributed by atoms with Crippen LogP contribution in [-0.4, -0.2) is 46.7 Å². The molecule has 1 aromatic carbocycles. The van der Waals surface area contributed by atoms with Gasteiger partial charge in [-0.05, 0) is 24.6 Å². The van der Waals surface area contributed by atoms with E-state index in [9.17, 15) is 9.90 Å². The van der Waals surface area contributed by atoms with E-state index in [1.165, 1.54) is 0 Å². The molecular weight excluding hydrogens is 310 g/mol. The number of carbonyl (C=O) groups excluding carboxylic acids is 1. The average Bonchev–Trinajstić information content (AvgIpc) is 3.08. The summed E-state index contributed by atoms with van der Waals surface area (Å²) >= 11 is 0. The number of nitrogens with one attached hydrogen (secondary N) is 1. The number of aliphatic hydroxyl groups is 1. The zero-order valence-electron chi connectivity index (χ0n) is 13.5. The first-order valence-corrected chi connectivity index (χ1v) is 7.91. The highest BCUT2D eigenvalue weighted by atomic mass is 16.5. The first kappa shape index (κ1) is 16.3. The first-order chi connectivity index (χ1) is 11.7. The Balaban J connectivity index is 1.46. The number of para-hydroxylation sites is 2. The van der Waals surface area contributed by atoms with Crippen LogP contribution in [0.2, 0.25) is 0 Å². The molecule has 3 rings (SSSR count). The normalized spacial score (nSPS) is 22.5. The SMILES string of the molecule is COc1ccccc1OCCC(=O)N[C@H]1C[C@@H](O)[C@@H]1n1cccn1. The summed E-state index contributed by atoms with van der Waals surface area (Å²) in [6.07, 6.45) is 3.72. The van der Waals surface area contributed by atoms with Gasteiger partial charge >= 0.3 is 0 Å². The van der Waals surface area contributed by atoms with Gasteiger partial charge in [0, 0.05) is 12.4 Å². The van der Waals surface area contributed by atoms with Gasteiger partial charge in [0.05, 0.1) is 38.3 Å². The number of rotatable bonds is 7. The molecule has 0 aliphatic heterocycles. The summed E-state index contributed by atoms with van der Waals surface area (Å²) in [5.41, 5.74) is 0. The molecule has 1 aliphatic carbocycles. The third-order valence-corrected chi connectivity index (χ3v) is 4.13. The van der Waals surface area contributed by atoms with E-state index in [1.807, 2.05) is 12.1 Å². The van der Waals surface area contributed by atoms with Crippen molar-refractivity contribution in [2.24, 2.45) is 0 Å². The van der Waals surface area contributed by atoms with Gasteiger partial charge in [0.25, 0.3) is 0 Å². The van der Waals surface area contributed by atoms with Crippen LogP contribution in [0.25, 0.3) is 0 Å². The number of carbonyl (C=O) groups is 1. The van der Waals surface area contributed by atoms with Crippen LogP contribution in [-0.2, 0) is 4.79 Å². The number of benzene rings is 1. The van der Waals surface area contributed by atoms with Gasteiger partial charge in [-0.25, -0.2) is 0 Å². The van der Waals surface area contributed by atoms with Gasteiger partial charge in [0.1, 0.15) is 0 Å². The average molecular weight is 331 g/mol. The zero-order valence-corrected chi connectivity index (χ0v) is 13.5. The van der Waals surface area contributed by atoms with Crippen molar-refractivity contribution in [2.45, 2.75) is 31.0 Å². The fourth-order valence-corrected chi connectivity index (χ4v) is 2.84. The summed E-state index contributed by atoms with van der Waals surface area (Å²) in [7, 11) is 1.58. The molecule has 1 fully saturated rings. The van der Waals surface area contributed by atoms with Crippen molar-refractivity contribution in [3.8, 4) is 11.5 Å². The Morgan fingerprint density at radius 2 is 2.17 bits per heavy atom. The van der Waals surface area contributed by atoms with Crippen LogP contribution in [0, 0.1) is 0 Å². The maximum absolute atomic E-state index is 12.1. The smallest absolute Gasteiger partial charge is 0.223 e. The van der Waals surface area contributed by atoms with E-state index in [0.717, 1.165) is 0 Å². The molecule has 1 saturated carbocycles. The van der Waals surface area contributed by atoms with Crippen LogP contribution < -0.4 is 14.8 Å². The lowest BCUT2D eigenvalue weighted by atomic mass is 9.83. The first-order valence-electron chi connectivity index (χ1n) is 7.91. The minimum atomic E-state index is -0.486. The van der Waals surface area contributed by atoms with Gasteiger partial charge in [-0.2, -0.15) is 5.10 Å². The molecule has 1 aromatic heterocycles. The highest BCUT2D eigenvalue weighted by molar-refractivity contribution is 5.76. The summed E-state index contributed by atoms with van der Waals surface area (Å²) < 4.78 is 12.5. The Morgan fingerprint density at radius 3 is 2.83 bits per heavy atom. The van der Waals surface area contributed by atoms with Crippen LogP contribution in [0.1, 0.15) is 18.9 Å². The third-order valence-electron chi connectivity index (χ3n) is 4.13. The number of methoxy groups -OCH3 is 1. The Labute approximate surface area is 140 Å². The second kappa shape index (κ2) is 7.35. The van der Waals surface area contributed by atoms with E-state index >= 15 is 0 Å². The quantitative estimate of drug-likeness (QED) is 0.795. The number of ether oxygens (including phenoxy) is 2. The Bertz CT molecular complexity index is 674. The topological polar surface area (TPSA) is 85.6 Å². The number of hydrogen-bond donors (Lipinski definition) is 2. The fraction of sp³-hybridized carbons (Fsp3) is 0.412. The van der Waals surface area contributed by atoms with Crippen LogP contribution in [0.5, 0.6) is 11.5 Å². The van der Waals surface area contributed by atoms with Crippen LogP contribution in [0.4, 0.5) is 0 Å². The molecule has 24 heavy (non-hydrogen) atoms. The van der Waals surface area contributed by atoms with Crippen molar-refractivity contribution < 1.29 is 19.4 Å². The van der Waals surface area contributed by atoms with Gasteiger partial charge in [-0.3, -0.25) is 9.48 Å². The predicted octanol–water partition coefficient (Wildman–Crippen LogP) is 1.15. The minimum absolute atomic E-state index is 0.112. The highest BCUT2D eigenvalue weighted by Crippen LogP contribution is 2.32. The molecule has 0 radical (unpaired) electrons. The summed E-state index contributed by atoms with van der Waals surface area (Å²) in [6.45, 7) is 0.258. The molecule has 1 aliphatic rings. The Morgan fingerprint density at radius 1 is 1.38 bits per heavy atom. The molecule has 0 saturated heterocycles. The van der Waals surface area contributed by atoms with Crippen molar-refractivity contribution in [3.05, 3.63) is 42.7 Å². The zero-order chi connectivity index (χ0) is 16.9. The van der Waals surface area contributed by atoms with Gasteiger partial charge in [0.2, 0.25) is 5.91 Å². The molecule has 0 bridgehead atoms. The fourth-order valence-electron chi connectivity index (χ4n) is 2.84. The number of aromatic nitrogens is 2. The molecule has 2 aromatic rings. The molecule has 1 heterocycles. The molecule has 128 valence electrons. The lowest BCUT2D eigenvalue weighted by Crippen LogP contribution is -2.56. The van der Waals surface area contributed by atoms with E-state index in [4.69, 9.17) is 9.47 Å². The van der Waals surface area contributed by atoms with Gasteiger partial charge in [-0.1, -0.05) is 12.1 Å². The molecule has 0 unspecified atom stereocenters. The van der Waals surface area contributed by atoms with Crippen molar-refractivity contribution in [2.75, 3.05) is 13.7 Å². The van der Waals surface area contributed by atoms with Crippen molar-refractivity contribution >= 4 is 5.91 Å². The third kappa shape index (κ3) is 3.51. The molecule has 7 heteroatoms. The van der Waals surface area contributed by atoms with Crippen LogP contribution >= 0.6 is 0 Å². The molecule has 1 amide bonds. The van der Waals surface area contributed by atoms with Crippen molar-refractivity contribution in [1.82, 2.24) is 15.1 Å². The highest BCUT2D eigenvalue weighted by Gasteiger charge is 2.42. The molecule has 7 nitrogen and oxygen atoms in total. The van der Waals surface area contributed by atoms with Gasteiger partial charge < -0.3 is 19.9 Å². The monoisotopic (exact) mass is 331 g/mol. The van der Waals surface area contributed by atoms with E-state index in [1.54, 1.807) is 42.4 Å². The summed E-state index contributed by atoms with van der Waals surface area (Å²) in [5.74, 6) is 1.14. The lowest BCUT2D eigenvalue weighted by molar-refractivity contribution is -0.125. The molecule has 0 spiro atoms. The number of aliphatic hydroxyl groups excluding tert-OH is 1. The van der Waals surface area contributed by atoms with E-state index in [-0.39, 0.29) is 31.0 Å². The van der Waals surface area contributed by atoms with Gasteiger partial charge in [0.15, 0.2) is 11.5 Å². The van der Waals surface area contributed by atoms with E-state index < -0.39 is 6.10 Å². The van der Waals surface area contributed by atoms with Crippen molar-refractivity contribution in [1.29, 1.82) is 0 Å². The molecule has 3 atom stereocenters. The van der Waals surface area contributed by atoms with Gasteiger partial charge in [-0.15, -0.1) is 0 Å². The molecule has 2 N–H and O–H groups in total. The Hall–Kier alpha value is -2.54. The maximum atomic E-state index is 12.1. The largest absolute Gasteiger partial charge is 0.493 e. The second-order valence-electron chi connectivity index (χ2n) is 5.70. The lowest BCUT2D eigenvalue weighted by Gasteiger charge is -2.41. The summed E-state index contributed by atoms with van der Waals surface area (Å²) in [4.78, 5) is 12.1. The predicted molar refractivity (Wildman–Crippen MR) is 86.9 cm³/mol. The van der Waals surface area contributed by atoms with Crippen LogP contribution in [0.3, 0.4) is 0 Å². The van der Waals surface area contributed by atoms with Crippen molar-refractivity contribution in [3.63, 3.8) is 0 Å². The Kier molecular flexibility index (Phi) is 5.00. The maximum Gasteiger partial charge on any atom is 0.223 e. The number of nitrogens with zero attached hydrogens (tertiary/aromatic N) is 2. The minimum Gasteiger partial charge on any atom is -0.493 e. The van der Waals surface area contributed by atoms with Crippen LogP contribution in [0.15, 0.2) is 42.7 Å². The van der Waals surface area contributed by atoms with E-state index in [2.05, 4.69) is 10.4 Å². The van der Waals surface area contributed by atoms with E-state index in [0.29, 0.717) is 17.9 Å². The summed E-state index contributed by atoms with van der Waals surface area (Å²) in [5, 5.41) is 17.0. The second-order valence-corrected chi connectivity index (χ2v) is 5.70. The molecular formula is C17H21N3O4.